The molecule has 0 unspecified atom stereocenters. The summed E-state index contributed by atoms with van der Waals surface area (Å²) < 4.78 is 1.81. The number of aryl methyl sites for hydroxylation is 2. The highest BCUT2D eigenvalue weighted by molar-refractivity contribution is 7.14. The van der Waals surface area contributed by atoms with Crippen LogP contribution in [-0.2, 0) is 6.42 Å². The molecule has 7 heteroatoms. The number of amides is 1. The van der Waals surface area contributed by atoms with Crippen LogP contribution in [0.15, 0.2) is 12.3 Å². The van der Waals surface area contributed by atoms with Gasteiger partial charge in [-0.1, -0.05) is 13.3 Å². The summed E-state index contributed by atoms with van der Waals surface area (Å²) in [6, 6.07) is 2.20. The Labute approximate surface area is 157 Å². The number of nitrogens with zero attached hydrogens (tertiary/aromatic N) is 3. The molecule has 0 radical (unpaired) electrons. The average Bonchev–Trinajstić information content (AvgIpc) is 3.18. The summed E-state index contributed by atoms with van der Waals surface area (Å²) in [5.74, 6) is -0.834. The Morgan fingerprint density at radius 2 is 2.00 bits per heavy atom. The predicted molar refractivity (Wildman–Crippen MR) is 101 cm³/mol. The van der Waals surface area contributed by atoms with Crippen LogP contribution in [0, 0.1) is 13.8 Å². The Morgan fingerprint density at radius 3 is 2.58 bits per heavy atom. The number of carboxylic acid groups (broad SMARTS) is 1. The van der Waals surface area contributed by atoms with Crippen molar-refractivity contribution in [1.82, 2.24) is 14.7 Å². The summed E-state index contributed by atoms with van der Waals surface area (Å²) in [5, 5.41) is 13.4. The van der Waals surface area contributed by atoms with E-state index in [1.807, 2.05) is 4.90 Å². The van der Waals surface area contributed by atoms with Gasteiger partial charge in [0.1, 0.15) is 5.56 Å². The fraction of sp³-hybridized carbons (Fsp3) is 0.526. The van der Waals surface area contributed by atoms with E-state index in [4.69, 9.17) is 0 Å². The van der Waals surface area contributed by atoms with Gasteiger partial charge in [-0.2, -0.15) is 5.10 Å². The maximum atomic E-state index is 12.8. The van der Waals surface area contributed by atoms with Gasteiger partial charge in [0.05, 0.1) is 22.8 Å². The second kappa shape index (κ2) is 7.61. The highest BCUT2D eigenvalue weighted by Crippen LogP contribution is 2.28. The molecule has 1 amide bonds. The molecule has 0 atom stereocenters. The molecule has 1 aliphatic heterocycles. The lowest BCUT2D eigenvalue weighted by atomic mass is 10.0. The van der Waals surface area contributed by atoms with Crippen LogP contribution in [-0.4, -0.2) is 44.8 Å². The molecule has 140 valence electrons. The third-order valence-corrected chi connectivity index (χ3v) is 6.20. The topological polar surface area (TPSA) is 75.4 Å². The van der Waals surface area contributed by atoms with Gasteiger partial charge in [-0.15, -0.1) is 11.3 Å². The molecule has 0 aromatic carbocycles. The van der Waals surface area contributed by atoms with Crippen LogP contribution < -0.4 is 0 Å². The number of rotatable bonds is 5. The van der Waals surface area contributed by atoms with Gasteiger partial charge in [-0.25, -0.2) is 4.79 Å². The van der Waals surface area contributed by atoms with Crippen molar-refractivity contribution in [3.63, 3.8) is 0 Å². The van der Waals surface area contributed by atoms with Crippen LogP contribution >= 0.6 is 11.3 Å². The Morgan fingerprint density at radius 1 is 1.31 bits per heavy atom. The summed E-state index contributed by atoms with van der Waals surface area (Å²) in [4.78, 5) is 28.0. The second-order valence-electron chi connectivity index (χ2n) is 6.86. The lowest BCUT2D eigenvalue weighted by Gasteiger charge is -2.32. The van der Waals surface area contributed by atoms with Crippen LogP contribution in [0.2, 0.25) is 0 Å². The Bertz CT molecular complexity index is 816. The molecule has 3 heterocycles. The molecule has 26 heavy (non-hydrogen) atoms. The van der Waals surface area contributed by atoms with Gasteiger partial charge in [0.15, 0.2) is 0 Å². The second-order valence-corrected chi connectivity index (χ2v) is 8.12. The monoisotopic (exact) mass is 375 g/mol. The summed E-state index contributed by atoms with van der Waals surface area (Å²) >= 11 is 1.59. The van der Waals surface area contributed by atoms with Crippen LogP contribution in [0.4, 0.5) is 0 Å². The summed E-state index contributed by atoms with van der Waals surface area (Å²) in [6.07, 6.45) is 5.10. The summed E-state index contributed by atoms with van der Waals surface area (Å²) in [6.45, 7) is 7.36. The third kappa shape index (κ3) is 3.53. The molecule has 0 spiro atoms. The molecular formula is C19H25N3O3S. The van der Waals surface area contributed by atoms with E-state index in [0.717, 1.165) is 30.6 Å². The summed E-state index contributed by atoms with van der Waals surface area (Å²) in [7, 11) is 0. The first-order valence-corrected chi connectivity index (χ1v) is 9.90. The fourth-order valence-corrected chi connectivity index (χ4v) is 4.65. The van der Waals surface area contributed by atoms with Gasteiger partial charge in [0, 0.05) is 18.0 Å². The number of carbonyl (C=O) groups excluding carboxylic acids is 1. The smallest absolute Gasteiger partial charge is 0.339 e. The number of thiophene rings is 1. The normalized spacial score (nSPS) is 15.4. The van der Waals surface area contributed by atoms with E-state index in [-0.39, 0.29) is 17.5 Å². The van der Waals surface area contributed by atoms with E-state index in [0.29, 0.717) is 18.8 Å². The molecule has 2 aromatic rings. The maximum absolute atomic E-state index is 12.8. The molecule has 0 bridgehead atoms. The Kier molecular flexibility index (Phi) is 5.46. The molecule has 1 aliphatic rings. The molecule has 1 N–H and O–H groups in total. The van der Waals surface area contributed by atoms with Gasteiger partial charge in [0.2, 0.25) is 0 Å². The van der Waals surface area contributed by atoms with Gasteiger partial charge >= 0.3 is 5.97 Å². The Balaban J connectivity index is 1.66. The number of carbonyl (C=O) groups is 2. The van der Waals surface area contributed by atoms with Crippen LogP contribution in [0.5, 0.6) is 0 Å². The zero-order valence-corrected chi connectivity index (χ0v) is 16.3. The maximum Gasteiger partial charge on any atom is 0.339 e. The molecule has 6 nitrogen and oxygen atoms in total. The van der Waals surface area contributed by atoms with E-state index < -0.39 is 5.97 Å². The third-order valence-electron chi connectivity index (χ3n) is 5.12. The number of piperidine rings is 1. The fourth-order valence-electron chi connectivity index (χ4n) is 3.61. The van der Waals surface area contributed by atoms with Crippen LogP contribution in [0.25, 0.3) is 0 Å². The van der Waals surface area contributed by atoms with Crippen molar-refractivity contribution in [2.45, 2.75) is 52.5 Å². The van der Waals surface area contributed by atoms with Gasteiger partial charge < -0.3 is 10.0 Å². The molecule has 2 aromatic heterocycles. The highest BCUT2D eigenvalue weighted by atomic mass is 32.1. The van der Waals surface area contributed by atoms with E-state index in [1.165, 1.54) is 16.6 Å². The highest BCUT2D eigenvalue weighted by Gasteiger charge is 2.28. The van der Waals surface area contributed by atoms with Crippen LogP contribution in [0.1, 0.15) is 68.4 Å². The predicted octanol–water partition coefficient (Wildman–Crippen LogP) is 3.69. The first-order valence-electron chi connectivity index (χ1n) is 9.08. The number of hydrogen-bond acceptors (Lipinski definition) is 4. The molecule has 0 saturated carbocycles. The quantitative estimate of drug-likeness (QED) is 0.865. The van der Waals surface area contributed by atoms with E-state index in [9.17, 15) is 14.7 Å². The number of aromatic carboxylic acids is 1. The number of likely N-dealkylation sites (tertiary alicyclic amines) is 1. The van der Waals surface area contributed by atoms with Crippen molar-refractivity contribution < 1.29 is 14.7 Å². The average molecular weight is 375 g/mol. The van der Waals surface area contributed by atoms with E-state index in [2.05, 4.69) is 25.0 Å². The van der Waals surface area contributed by atoms with Crippen molar-refractivity contribution in [3.8, 4) is 0 Å². The first-order chi connectivity index (χ1) is 12.4. The number of carboxylic acids is 1. The molecule has 1 saturated heterocycles. The Hall–Kier alpha value is -2.15. The van der Waals surface area contributed by atoms with E-state index >= 15 is 0 Å². The minimum atomic E-state index is -0.947. The van der Waals surface area contributed by atoms with Crippen molar-refractivity contribution in [2.24, 2.45) is 0 Å². The minimum absolute atomic E-state index is 0.113. The molecule has 0 aliphatic carbocycles. The van der Waals surface area contributed by atoms with Gasteiger partial charge in [-0.3, -0.25) is 9.48 Å². The summed E-state index contributed by atoms with van der Waals surface area (Å²) in [5.41, 5.74) is 2.21. The lowest BCUT2D eigenvalue weighted by Crippen LogP contribution is -2.39. The van der Waals surface area contributed by atoms with Gasteiger partial charge in [0.25, 0.3) is 5.91 Å². The minimum Gasteiger partial charge on any atom is -0.478 e. The first kappa shape index (κ1) is 18.6. The zero-order chi connectivity index (χ0) is 18.8. The van der Waals surface area contributed by atoms with Crippen LogP contribution in [0.3, 0.4) is 0 Å². The SMILES string of the molecule is CCCc1cc(C(=O)N2CCC(n3ncc(C(=O)O)c3C)CC2)sc1C. The largest absolute Gasteiger partial charge is 0.478 e. The van der Waals surface area contributed by atoms with Crippen molar-refractivity contribution in [1.29, 1.82) is 0 Å². The van der Waals surface area contributed by atoms with Crippen molar-refractivity contribution >= 4 is 23.2 Å². The van der Waals surface area contributed by atoms with Crippen molar-refractivity contribution in [3.05, 3.63) is 38.8 Å². The van der Waals surface area contributed by atoms with E-state index in [1.54, 1.807) is 22.9 Å². The van der Waals surface area contributed by atoms with Gasteiger partial charge in [-0.05, 0) is 44.7 Å². The lowest BCUT2D eigenvalue weighted by molar-refractivity contribution is 0.0691. The molecule has 3 rings (SSSR count). The standard InChI is InChI=1S/C19H25N3O3S/c1-4-5-14-10-17(26-13(14)3)18(23)21-8-6-15(7-9-21)22-12(2)16(11-20-22)19(24)25/h10-11,15H,4-9H2,1-3H3,(H,24,25). The molecule has 1 fully saturated rings. The van der Waals surface area contributed by atoms with Crippen molar-refractivity contribution in [2.75, 3.05) is 13.1 Å². The number of hydrogen-bond donors (Lipinski definition) is 1. The molecular weight excluding hydrogens is 350 g/mol. The number of aromatic nitrogens is 2. The zero-order valence-electron chi connectivity index (χ0n) is 15.5.